The highest BCUT2D eigenvalue weighted by Crippen LogP contribution is 2.43. The summed E-state index contributed by atoms with van der Waals surface area (Å²) in [5.74, 6) is -0.694. The fourth-order valence-electron chi connectivity index (χ4n) is 4.26. The van der Waals surface area contributed by atoms with Crippen LogP contribution in [0.1, 0.15) is 32.3 Å². The quantitative estimate of drug-likeness (QED) is 0.268. The summed E-state index contributed by atoms with van der Waals surface area (Å²) in [5.41, 5.74) is 7.61. The van der Waals surface area contributed by atoms with Crippen LogP contribution in [0.2, 0.25) is 0 Å². The number of benzene rings is 2. The Labute approximate surface area is 214 Å². The Balaban J connectivity index is 1.50. The second kappa shape index (κ2) is 10.0. The van der Waals surface area contributed by atoms with E-state index in [9.17, 15) is 18.0 Å². The van der Waals surface area contributed by atoms with Gasteiger partial charge in [0.25, 0.3) is 5.91 Å². The molecule has 0 spiro atoms. The van der Waals surface area contributed by atoms with E-state index in [0.717, 1.165) is 28.5 Å². The Morgan fingerprint density at radius 3 is 2.11 bits per heavy atom. The Hall–Kier alpha value is -4.24. The third-order valence-electron chi connectivity index (χ3n) is 6.06. The number of pyridine rings is 2. The fourth-order valence-corrected chi connectivity index (χ4v) is 5.29. The van der Waals surface area contributed by atoms with E-state index in [4.69, 9.17) is 5.73 Å². The number of amides is 1. The zero-order valence-electron chi connectivity index (χ0n) is 19.4. The van der Waals surface area contributed by atoms with Crippen molar-refractivity contribution in [2.45, 2.75) is 12.1 Å². The number of thiophene rings is 1. The molecule has 0 aliphatic rings. The largest absolute Gasteiger partial charge is 0.417 e. The summed E-state index contributed by atoms with van der Waals surface area (Å²) < 4.78 is 42.1. The predicted octanol–water partition coefficient (Wildman–Crippen LogP) is 6.52. The van der Waals surface area contributed by atoms with E-state index >= 15 is 0 Å². The lowest BCUT2D eigenvalue weighted by atomic mass is 9.91. The maximum absolute atomic E-state index is 14.0. The van der Waals surface area contributed by atoms with Crippen LogP contribution in [0, 0.1) is 0 Å². The van der Waals surface area contributed by atoms with Gasteiger partial charge in [0.15, 0.2) is 0 Å². The van der Waals surface area contributed by atoms with Crippen LogP contribution in [-0.4, -0.2) is 22.4 Å². The molecular weight excluding hydrogens is 497 g/mol. The van der Waals surface area contributed by atoms with Crippen LogP contribution in [0.25, 0.3) is 21.5 Å². The van der Waals surface area contributed by atoms with Gasteiger partial charge in [-0.05, 0) is 29.3 Å². The van der Waals surface area contributed by atoms with Gasteiger partial charge in [0.2, 0.25) is 0 Å². The normalized spacial score (nSPS) is 11.7. The molecule has 0 unspecified atom stereocenters. The minimum Gasteiger partial charge on any atom is -0.397 e. The monoisotopic (exact) mass is 518 g/mol. The second-order valence-corrected chi connectivity index (χ2v) is 9.40. The van der Waals surface area contributed by atoms with E-state index in [1.54, 1.807) is 12.1 Å². The van der Waals surface area contributed by atoms with Crippen LogP contribution >= 0.6 is 11.3 Å². The molecule has 1 amide bonds. The molecule has 0 aliphatic heterocycles. The third kappa shape index (κ3) is 5.03. The number of carbonyl (C=O) groups excluding carboxylic acids is 1. The average Bonchev–Trinajstić information content (AvgIpc) is 3.25. The summed E-state index contributed by atoms with van der Waals surface area (Å²) in [6.45, 7) is 0.238. The number of halogens is 3. The summed E-state index contributed by atoms with van der Waals surface area (Å²) in [6.07, 6.45) is -1.73. The average molecular weight is 519 g/mol. The van der Waals surface area contributed by atoms with Gasteiger partial charge in [0.05, 0.1) is 16.9 Å². The molecule has 2 aromatic carbocycles. The minimum absolute atomic E-state index is 0.000230. The fraction of sp³-hybridized carbons (Fsp3) is 0.107. The first-order chi connectivity index (χ1) is 17.8. The van der Waals surface area contributed by atoms with Gasteiger partial charge in [-0.15, -0.1) is 11.3 Å². The van der Waals surface area contributed by atoms with E-state index in [1.165, 1.54) is 12.4 Å². The van der Waals surface area contributed by atoms with Gasteiger partial charge >= 0.3 is 6.18 Å². The smallest absolute Gasteiger partial charge is 0.397 e. The Bertz CT molecular complexity index is 1500. The number of alkyl halides is 3. The van der Waals surface area contributed by atoms with E-state index in [2.05, 4.69) is 15.3 Å². The molecule has 0 atom stereocenters. The molecule has 5 aromatic rings. The van der Waals surface area contributed by atoms with E-state index < -0.39 is 17.6 Å². The SMILES string of the molecule is Nc1c(C(=O)NCC(c2ccccc2)c2ccccc2)sc2nc(-c3ccncc3)cc(C(F)(F)F)c12. The number of nitrogens with two attached hydrogens (primary N) is 1. The number of carbonyl (C=O) groups is 1. The molecule has 0 fully saturated rings. The number of aromatic nitrogens is 2. The molecular formula is C28H21F3N4OS. The van der Waals surface area contributed by atoms with Crippen molar-refractivity contribution < 1.29 is 18.0 Å². The lowest BCUT2D eigenvalue weighted by molar-refractivity contribution is -0.136. The van der Waals surface area contributed by atoms with Gasteiger partial charge in [0, 0.05) is 35.8 Å². The topological polar surface area (TPSA) is 80.9 Å². The number of anilines is 1. The third-order valence-corrected chi connectivity index (χ3v) is 7.16. The number of nitrogen functional groups attached to an aromatic ring is 1. The Morgan fingerprint density at radius 1 is 0.946 bits per heavy atom. The molecule has 5 nitrogen and oxygen atoms in total. The number of nitrogens with one attached hydrogen (secondary N) is 1. The number of rotatable bonds is 6. The second-order valence-electron chi connectivity index (χ2n) is 8.40. The minimum atomic E-state index is -4.68. The van der Waals surface area contributed by atoms with Crippen molar-refractivity contribution in [2.24, 2.45) is 0 Å². The van der Waals surface area contributed by atoms with Crippen LogP contribution in [0.3, 0.4) is 0 Å². The molecule has 0 saturated heterocycles. The van der Waals surface area contributed by atoms with Crippen molar-refractivity contribution in [1.29, 1.82) is 0 Å². The molecule has 0 bridgehead atoms. The van der Waals surface area contributed by atoms with Gasteiger partial charge in [-0.3, -0.25) is 9.78 Å². The zero-order valence-corrected chi connectivity index (χ0v) is 20.2. The molecule has 9 heteroatoms. The van der Waals surface area contributed by atoms with Gasteiger partial charge in [-0.1, -0.05) is 60.7 Å². The summed E-state index contributed by atoms with van der Waals surface area (Å²) >= 11 is 0.851. The molecule has 5 rings (SSSR count). The van der Waals surface area contributed by atoms with Crippen molar-refractivity contribution in [3.8, 4) is 11.3 Å². The van der Waals surface area contributed by atoms with E-state index in [1.807, 2.05) is 60.7 Å². The molecule has 37 heavy (non-hydrogen) atoms. The van der Waals surface area contributed by atoms with Crippen molar-refractivity contribution in [1.82, 2.24) is 15.3 Å². The first-order valence-corrected chi connectivity index (χ1v) is 12.2. The maximum atomic E-state index is 14.0. The van der Waals surface area contributed by atoms with Gasteiger partial charge in [0.1, 0.15) is 9.71 Å². The molecule has 0 saturated carbocycles. The Morgan fingerprint density at radius 2 is 1.54 bits per heavy atom. The van der Waals surface area contributed by atoms with Crippen molar-refractivity contribution >= 4 is 33.1 Å². The van der Waals surface area contributed by atoms with Crippen molar-refractivity contribution in [3.63, 3.8) is 0 Å². The van der Waals surface area contributed by atoms with Crippen molar-refractivity contribution in [3.05, 3.63) is 113 Å². The van der Waals surface area contributed by atoms with E-state index in [-0.39, 0.29) is 38.9 Å². The van der Waals surface area contributed by atoms with Gasteiger partial charge in [-0.25, -0.2) is 4.98 Å². The highest BCUT2D eigenvalue weighted by molar-refractivity contribution is 7.21. The van der Waals surface area contributed by atoms with Crippen LogP contribution in [0.4, 0.5) is 18.9 Å². The Kier molecular flexibility index (Phi) is 6.62. The number of fused-ring (bicyclic) bond motifs is 1. The summed E-state index contributed by atoms with van der Waals surface area (Å²) in [6, 6.07) is 23.5. The summed E-state index contributed by atoms with van der Waals surface area (Å²) in [4.78, 5) is 21.6. The van der Waals surface area contributed by atoms with Crippen LogP contribution < -0.4 is 11.1 Å². The first kappa shape index (κ1) is 24.5. The summed E-state index contributed by atoms with van der Waals surface area (Å²) in [7, 11) is 0. The van der Waals surface area contributed by atoms with Crippen LogP contribution in [-0.2, 0) is 6.18 Å². The molecule has 0 radical (unpaired) electrons. The van der Waals surface area contributed by atoms with E-state index in [0.29, 0.717) is 5.56 Å². The number of hydrogen-bond acceptors (Lipinski definition) is 5. The lowest BCUT2D eigenvalue weighted by Crippen LogP contribution is -2.28. The van der Waals surface area contributed by atoms with Gasteiger partial charge in [-0.2, -0.15) is 13.2 Å². The summed E-state index contributed by atoms with van der Waals surface area (Å²) in [5, 5.41) is 2.62. The van der Waals surface area contributed by atoms with Crippen LogP contribution in [0.5, 0.6) is 0 Å². The number of hydrogen-bond donors (Lipinski definition) is 2. The van der Waals surface area contributed by atoms with Crippen LogP contribution in [0.15, 0.2) is 91.3 Å². The standard InChI is InChI=1S/C28H21F3N4OS/c29-28(30,31)21-15-22(19-11-13-33-14-12-19)35-27-23(21)24(32)25(37-27)26(36)34-16-20(17-7-3-1-4-8-17)18-9-5-2-6-10-18/h1-15,20H,16,32H2,(H,34,36). The highest BCUT2D eigenvalue weighted by Gasteiger charge is 2.36. The molecule has 0 aliphatic carbocycles. The molecule has 3 N–H and O–H groups in total. The zero-order chi connectivity index (χ0) is 26.0. The number of nitrogens with zero attached hydrogens (tertiary/aromatic N) is 2. The van der Waals surface area contributed by atoms with Gasteiger partial charge < -0.3 is 11.1 Å². The highest BCUT2D eigenvalue weighted by atomic mass is 32.1. The van der Waals surface area contributed by atoms with Crippen molar-refractivity contribution in [2.75, 3.05) is 12.3 Å². The molecule has 186 valence electrons. The first-order valence-electron chi connectivity index (χ1n) is 11.4. The lowest BCUT2D eigenvalue weighted by Gasteiger charge is -2.18. The molecule has 3 heterocycles. The maximum Gasteiger partial charge on any atom is 0.417 e. The molecule has 3 aromatic heterocycles. The predicted molar refractivity (Wildman–Crippen MR) is 139 cm³/mol.